The number of ketones is 1. The van der Waals surface area contributed by atoms with Gasteiger partial charge in [-0.15, -0.1) is 0 Å². The molecule has 1 aromatic carbocycles. The fraction of sp³-hybridized carbons (Fsp3) is 0.263. The largest absolute Gasteiger partial charge is 0.478 e. The Hall–Kier alpha value is -2.66. The van der Waals surface area contributed by atoms with Crippen molar-refractivity contribution in [3.05, 3.63) is 64.7 Å². The van der Waals surface area contributed by atoms with E-state index < -0.39 is 0 Å². The number of fused-ring (bicyclic) bond motifs is 3. The van der Waals surface area contributed by atoms with Crippen LogP contribution in [0, 0.1) is 0 Å². The maximum Gasteiger partial charge on any atom is 0.231 e. The molecule has 2 aliphatic heterocycles. The van der Waals surface area contributed by atoms with Crippen LogP contribution in [0.25, 0.3) is 0 Å². The maximum absolute atomic E-state index is 12.4. The Labute approximate surface area is 140 Å². The number of carbonyl (C=O) groups is 1. The van der Waals surface area contributed by atoms with Crippen molar-refractivity contribution < 1.29 is 14.3 Å². The van der Waals surface area contributed by atoms with Crippen LogP contribution in [0.5, 0.6) is 11.5 Å². The van der Waals surface area contributed by atoms with Crippen LogP contribution in [0.15, 0.2) is 47.9 Å². The van der Waals surface area contributed by atoms with E-state index in [2.05, 4.69) is 9.88 Å². The van der Waals surface area contributed by atoms with Crippen LogP contribution in [-0.2, 0) is 13.1 Å². The smallest absolute Gasteiger partial charge is 0.231 e. The van der Waals surface area contributed by atoms with Crippen LogP contribution < -0.4 is 9.47 Å². The standard InChI is InChI=1S/C19H18N2O3/c1-12(2)18-17(22)14-6-7-16-15(19(14)24-18)10-21(11-23-16)9-13-5-3-4-8-20-13/h3-8H,9-11H2,1-2H3. The van der Waals surface area contributed by atoms with Gasteiger partial charge in [0.2, 0.25) is 5.78 Å². The Bertz CT molecular complexity index is 839. The van der Waals surface area contributed by atoms with Gasteiger partial charge in [0.25, 0.3) is 0 Å². The number of hydrogen-bond donors (Lipinski definition) is 0. The number of carbonyl (C=O) groups excluding carboxylic acids is 1. The minimum Gasteiger partial charge on any atom is -0.478 e. The van der Waals surface area contributed by atoms with Crippen molar-refractivity contribution in [3.8, 4) is 11.5 Å². The highest BCUT2D eigenvalue weighted by Crippen LogP contribution is 2.42. The predicted octanol–water partition coefficient (Wildman–Crippen LogP) is 3.30. The molecule has 0 saturated carbocycles. The van der Waals surface area contributed by atoms with Crippen molar-refractivity contribution in [2.75, 3.05) is 6.73 Å². The Morgan fingerprint density at radius 3 is 2.88 bits per heavy atom. The summed E-state index contributed by atoms with van der Waals surface area (Å²) in [6.07, 6.45) is 1.79. The fourth-order valence-corrected chi connectivity index (χ4v) is 3.04. The highest BCUT2D eigenvalue weighted by atomic mass is 16.5. The van der Waals surface area contributed by atoms with Gasteiger partial charge < -0.3 is 9.47 Å². The summed E-state index contributed by atoms with van der Waals surface area (Å²) in [7, 11) is 0. The third kappa shape index (κ3) is 2.47. The van der Waals surface area contributed by atoms with E-state index in [1.54, 1.807) is 12.3 Å². The van der Waals surface area contributed by atoms with E-state index in [1.165, 1.54) is 0 Å². The SMILES string of the molecule is CC(C)=C1Oc2c(ccc3c2CN(Cc2ccccn2)CO3)C1=O. The molecular weight excluding hydrogens is 304 g/mol. The molecule has 4 rings (SSSR count). The average molecular weight is 322 g/mol. The first-order chi connectivity index (χ1) is 11.6. The Balaban J connectivity index is 1.65. The molecule has 0 fully saturated rings. The van der Waals surface area contributed by atoms with Crippen molar-refractivity contribution in [2.45, 2.75) is 26.9 Å². The molecule has 0 spiro atoms. The van der Waals surface area contributed by atoms with Gasteiger partial charge in [-0.2, -0.15) is 0 Å². The lowest BCUT2D eigenvalue weighted by molar-refractivity contribution is 0.0861. The lowest BCUT2D eigenvalue weighted by atomic mass is 10.0. The summed E-state index contributed by atoms with van der Waals surface area (Å²) in [5.41, 5.74) is 3.42. The molecule has 122 valence electrons. The van der Waals surface area contributed by atoms with Gasteiger partial charge in [-0.25, -0.2) is 0 Å². The highest BCUT2D eigenvalue weighted by molar-refractivity contribution is 6.13. The van der Waals surface area contributed by atoms with Crippen molar-refractivity contribution >= 4 is 5.78 Å². The molecule has 0 saturated heterocycles. The topological polar surface area (TPSA) is 51.7 Å². The lowest BCUT2D eigenvalue weighted by Crippen LogP contribution is -2.32. The number of ether oxygens (including phenoxy) is 2. The molecule has 0 amide bonds. The molecule has 0 unspecified atom stereocenters. The monoisotopic (exact) mass is 322 g/mol. The van der Waals surface area contributed by atoms with Gasteiger partial charge in [0, 0.05) is 19.3 Å². The van der Waals surface area contributed by atoms with Gasteiger partial charge in [0.05, 0.1) is 16.8 Å². The summed E-state index contributed by atoms with van der Waals surface area (Å²) < 4.78 is 11.7. The zero-order valence-corrected chi connectivity index (χ0v) is 13.7. The number of benzene rings is 1. The third-order valence-electron chi connectivity index (χ3n) is 4.22. The van der Waals surface area contributed by atoms with E-state index in [0.717, 1.165) is 22.6 Å². The van der Waals surface area contributed by atoms with Crippen LogP contribution in [0.1, 0.15) is 35.5 Å². The van der Waals surface area contributed by atoms with Crippen LogP contribution in [0.2, 0.25) is 0 Å². The van der Waals surface area contributed by atoms with Crippen molar-refractivity contribution in [2.24, 2.45) is 0 Å². The van der Waals surface area contributed by atoms with Crippen molar-refractivity contribution in [1.29, 1.82) is 0 Å². The first-order valence-electron chi connectivity index (χ1n) is 7.94. The maximum atomic E-state index is 12.4. The molecule has 24 heavy (non-hydrogen) atoms. The minimum absolute atomic E-state index is 0.0466. The van der Waals surface area contributed by atoms with E-state index in [-0.39, 0.29) is 5.78 Å². The quantitative estimate of drug-likeness (QED) is 0.794. The molecule has 5 heteroatoms. The van der Waals surface area contributed by atoms with Gasteiger partial charge in [-0.3, -0.25) is 14.7 Å². The minimum atomic E-state index is -0.0466. The highest BCUT2D eigenvalue weighted by Gasteiger charge is 2.34. The Morgan fingerprint density at radius 1 is 1.25 bits per heavy atom. The first-order valence-corrected chi connectivity index (χ1v) is 7.94. The van der Waals surface area contributed by atoms with Gasteiger partial charge in [-0.05, 0) is 43.7 Å². The zero-order valence-electron chi connectivity index (χ0n) is 13.7. The zero-order chi connectivity index (χ0) is 16.7. The number of nitrogens with zero attached hydrogens (tertiary/aromatic N) is 2. The normalized spacial score (nSPS) is 16.2. The summed E-state index contributed by atoms with van der Waals surface area (Å²) >= 11 is 0. The molecule has 0 atom stereocenters. The van der Waals surface area contributed by atoms with E-state index in [4.69, 9.17) is 9.47 Å². The van der Waals surface area contributed by atoms with Crippen molar-refractivity contribution in [1.82, 2.24) is 9.88 Å². The molecule has 2 aromatic rings. The fourth-order valence-electron chi connectivity index (χ4n) is 3.04. The molecule has 0 aliphatic carbocycles. The molecule has 3 heterocycles. The van der Waals surface area contributed by atoms with Crippen LogP contribution in [-0.4, -0.2) is 22.4 Å². The molecule has 2 aliphatic rings. The Morgan fingerprint density at radius 2 is 2.12 bits per heavy atom. The van der Waals surface area contributed by atoms with E-state index in [0.29, 0.717) is 36.9 Å². The van der Waals surface area contributed by atoms with Crippen LogP contribution >= 0.6 is 0 Å². The number of Topliss-reactive ketones (excluding diaryl/α,β-unsaturated/α-hetero) is 1. The van der Waals surface area contributed by atoms with Gasteiger partial charge in [0.15, 0.2) is 5.76 Å². The van der Waals surface area contributed by atoms with Gasteiger partial charge >= 0.3 is 0 Å². The molecular formula is C19H18N2O3. The molecule has 1 aromatic heterocycles. The lowest BCUT2D eigenvalue weighted by Gasteiger charge is -2.29. The molecule has 0 N–H and O–H groups in total. The molecule has 0 bridgehead atoms. The summed E-state index contributed by atoms with van der Waals surface area (Å²) in [5.74, 6) is 1.81. The van der Waals surface area contributed by atoms with Crippen LogP contribution in [0.3, 0.4) is 0 Å². The number of allylic oxidation sites excluding steroid dienone is 2. The van der Waals surface area contributed by atoms with Gasteiger partial charge in [-0.1, -0.05) is 6.07 Å². The van der Waals surface area contributed by atoms with E-state index in [1.807, 2.05) is 38.1 Å². The van der Waals surface area contributed by atoms with E-state index in [9.17, 15) is 4.79 Å². The number of aromatic nitrogens is 1. The predicted molar refractivity (Wildman–Crippen MR) is 88.8 cm³/mol. The first kappa shape index (κ1) is 14.9. The number of hydrogen-bond acceptors (Lipinski definition) is 5. The summed E-state index contributed by atoms with van der Waals surface area (Å²) in [6, 6.07) is 9.52. The Kier molecular flexibility index (Phi) is 3.58. The average Bonchev–Trinajstić information content (AvgIpc) is 2.93. The second-order valence-corrected chi connectivity index (χ2v) is 6.26. The second kappa shape index (κ2) is 5.76. The second-order valence-electron chi connectivity index (χ2n) is 6.26. The summed E-state index contributed by atoms with van der Waals surface area (Å²) in [4.78, 5) is 18.9. The van der Waals surface area contributed by atoms with Crippen LogP contribution in [0.4, 0.5) is 0 Å². The van der Waals surface area contributed by atoms with Crippen molar-refractivity contribution in [3.63, 3.8) is 0 Å². The van der Waals surface area contributed by atoms with Gasteiger partial charge in [0.1, 0.15) is 18.2 Å². The summed E-state index contributed by atoms with van der Waals surface area (Å²) in [6.45, 7) is 5.61. The number of pyridine rings is 1. The third-order valence-corrected chi connectivity index (χ3v) is 4.22. The molecule has 5 nitrogen and oxygen atoms in total. The van der Waals surface area contributed by atoms with E-state index >= 15 is 0 Å². The number of rotatable bonds is 2. The summed E-state index contributed by atoms with van der Waals surface area (Å²) in [5, 5.41) is 0. The molecule has 0 radical (unpaired) electrons.